The summed E-state index contributed by atoms with van der Waals surface area (Å²) in [4.78, 5) is 17.0. The molecule has 3 nitrogen and oxygen atoms in total. The number of rotatable bonds is 4. The summed E-state index contributed by atoms with van der Waals surface area (Å²) in [7, 11) is 0. The van der Waals surface area contributed by atoms with E-state index in [1.807, 2.05) is 0 Å². The Labute approximate surface area is 99.7 Å². The van der Waals surface area contributed by atoms with E-state index in [9.17, 15) is 0 Å². The molecule has 0 aliphatic rings. The Morgan fingerprint density at radius 3 is 1.92 bits per heavy atom. The summed E-state index contributed by atoms with van der Waals surface area (Å²) in [6.45, 7) is 3.18. The van der Waals surface area contributed by atoms with Gasteiger partial charge in [-0.3, -0.25) is 0 Å². The summed E-state index contributed by atoms with van der Waals surface area (Å²) in [6.07, 6.45) is 1.28. The molecule has 0 saturated heterocycles. The number of thiocarbonyl (C=S) groups is 2. The molecule has 0 aromatic rings. The molecule has 0 fully saturated rings. The summed E-state index contributed by atoms with van der Waals surface area (Å²) in [6, 6.07) is 0. The van der Waals surface area contributed by atoms with Gasteiger partial charge >= 0.3 is 55.6 Å². The molecule has 2 radical (unpaired) electrons. The molecule has 0 aromatic heterocycles. The summed E-state index contributed by atoms with van der Waals surface area (Å²) in [5.41, 5.74) is 5.30. The van der Waals surface area contributed by atoms with Crippen LogP contribution in [0, 0.1) is 0 Å². The molecule has 0 saturated carbocycles. The van der Waals surface area contributed by atoms with Crippen molar-refractivity contribution in [3.8, 4) is 0 Å². The van der Waals surface area contributed by atoms with Crippen LogP contribution >= 0.6 is 24.4 Å². The van der Waals surface area contributed by atoms with Gasteiger partial charge in [-0.2, -0.15) is 0 Å². The minimum Gasteiger partial charge on any atom is -0.220 e. The molecule has 6 heteroatoms. The van der Waals surface area contributed by atoms with Crippen LogP contribution in [0.5, 0.6) is 0 Å². The second-order valence-electron chi connectivity index (χ2n) is 1.66. The van der Waals surface area contributed by atoms with Gasteiger partial charge in [-0.25, -0.2) is 9.59 Å². The van der Waals surface area contributed by atoms with Gasteiger partial charge < -0.3 is 0 Å². The fourth-order valence-electron chi connectivity index (χ4n) is 0.404. The summed E-state index contributed by atoms with van der Waals surface area (Å²) in [5.74, 6) is 0. The van der Waals surface area contributed by atoms with Crippen molar-refractivity contribution in [1.29, 1.82) is 0 Å². The summed E-state index contributed by atoms with van der Waals surface area (Å²) < 4.78 is 2.96. The second kappa shape index (κ2) is 29.4. The quantitative estimate of drug-likeness (QED) is 0.481. The third kappa shape index (κ3) is 69.8. The first-order valence-electron chi connectivity index (χ1n) is 3.64. The molecule has 0 atom stereocenters. The molecule has 2 N–H and O–H groups in total. The molecule has 0 spiro atoms. The van der Waals surface area contributed by atoms with Crippen LogP contribution in [0.2, 0.25) is 8.87 Å². The van der Waals surface area contributed by atoms with Crippen molar-refractivity contribution in [2.75, 3.05) is 6.54 Å². The molecular weight excluding hydrogens is 313 g/mol. The Bertz CT molecular complexity index is 127. The van der Waals surface area contributed by atoms with Crippen molar-refractivity contribution < 1.29 is 9.59 Å². The minimum atomic E-state index is 0.104. The molecule has 0 aliphatic carbocycles. The minimum absolute atomic E-state index is 0.104. The number of carbonyl (C=O) groups excluding carboxylic acids is 2. The van der Waals surface area contributed by atoms with Gasteiger partial charge in [-0.15, -0.1) is 0 Å². The predicted octanol–water partition coefficient (Wildman–Crippen LogP) is 1.40. The van der Waals surface area contributed by atoms with Crippen LogP contribution in [-0.2, 0) is 9.59 Å². The average molecular weight is 326 g/mol. The number of nitrogens with two attached hydrogens (primary N) is 1. The van der Waals surface area contributed by atoms with E-state index in [0.29, 0.717) is 0 Å². The largest absolute Gasteiger partial charge is 0.220 e. The Hall–Kier alpha value is 0.359. The van der Waals surface area contributed by atoms with Gasteiger partial charge in [0.25, 0.3) is 0 Å². The van der Waals surface area contributed by atoms with E-state index < -0.39 is 0 Å². The maximum Gasteiger partial charge on any atom is 0.202 e. The molecular formula is C7H13NO2S2Sn. The van der Waals surface area contributed by atoms with Crippen LogP contribution in [0.15, 0.2) is 0 Å². The Kier molecular flexibility index (Phi) is 43.1. The van der Waals surface area contributed by atoms with E-state index in [4.69, 9.17) is 15.3 Å². The first kappa shape index (κ1) is 19.0. The van der Waals surface area contributed by atoms with Gasteiger partial charge in [0.1, 0.15) is 0 Å². The molecule has 74 valence electrons. The zero-order valence-corrected chi connectivity index (χ0v) is 12.0. The Balaban J connectivity index is -0.000000140. The van der Waals surface area contributed by atoms with Gasteiger partial charge in [0.2, 0.25) is 10.5 Å². The molecule has 0 rings (SSSR count). The zero-order valence-electron chi connectivity index (χ0n) is 7.54. The van der Waals surface area contributed by atoms with Crippen LogP contribution < -0.4 is 5.73 Å². The molecule has 0 bridgehead atoms. The standard InChI is InChI=1S/C3H8N.C2H5.2COS.Sn/c1-2-3-4;1-2;2*2-1-3;/h1-4H2;1H2,2H3;;;. The maximum absolute atomic E-state index is 8.50. The van der Waals surface area contributed by atoms with E-state index in [2.05, 4.69) is 31.4 Å². The second-order valence-corrected chi connectivity index (χ2v) is 6.87. The van der Waals surface area contributed by atoms with Crippen LogP contribution in [-0.4, -0.2) is 38.2 Å². The monoisotopic (exact) mass is 327 g/mol. The number of hydrogen-bond donors (Lipinski definition) is 1. The van der Waals surface area contributed by atoms with E-state index in [0.717, 1.165) is 17.0 Å². The van der Waals surface area contributed by atoms with Gasteiger partial charge in [0.15, 0.2) is 0 Å². The third-order valence-corrected chi connectivity index (χ3v) is 4.25. The maximum atomic E-state index is 8.50. The molecule has 13 heavy (non-hydrogen) atoms. The van der Waals surface area contributed by atoms with Gasteiger partial charge in [0.05, 0.1) is 0 Å². The SMILES string of the molecule is C[CH2][Sn][CH2]CCN.O=C=S.O=C=S. The third-order valence-electron chi connectivity index (χ3n) is 0.808. The van der Waals surface area contributed by atoms with Crippen LogP contribution in [0.25, 0.3) is 0 Å². The van der Waals surface area contributed by atoms with E-state index >= 15 is 0 Å². The molecule has 0 heterocycles. The van der Waals surface area contributed by atoms with Crippen LogP contribution in [0.4, 0.5) is 0 Å². The summed E-state index contributed by atoms with van der Waals surface area (Å²) in [5, 5.41) is 2.17. The van der Waals surface area contributed by atoms with E-state index in [1.165, 1.54) is 15.3 Å². The van der Waals surface area contributed by atoms with Crippen molar-refractivity contribution in [3.63, 3.8) is 0 Å². The first-order chi connectivity index (χ1) is 6.24. The molecule has 0 aliphatic heterocycles. The predicted molar refractivity (Wildman–Crippen MR) is 61.3 cm³/mol. The van der Waals surface area contributed by atoms with Crippen molar-refractivity contribution in [3.05, 3.63) is 0 Å². The van der Waals surface area contributed by atoms with E-state index in [-0.39, 0.29) is 21.1 Å². The van der Waals surface area contributed by atoms with Crippen molar-refractivity contribution in [1.82, 2.24) is 0 Å². The van der Waals surface area contributed by atoms with E-state index in [1.54, 1.807) is 0 Å². The smallest absolute Gasteiger partial charge is 0.202 e. The Morgan fingerprint density at radius 2 is 1.69 bits per heavy atom. The van der Waals surface area contributed by atoms with Gasteiger partial charge in [-0.05, 0) is 0 Å². The fourth-order valence-corrected chi connectivity index (χ4v) is 2.71. The normalized spacial score (nSPS) is 6.31. The topological polar surface area (TPSA) is 60.2 Å². The van der Waals surface area contributed by atoms with Gasteiger partial charge in [0, 0.05) is 24.4 Å². The van der Waals surface area contributed by atoms with Crippen molar-refractivity contribution >= 4 is 56.0 Å². The van der Waals surface area contributed by atoms with Crippen molar-refractivity contribution in [2.45, 2.75) is 22.2 Å². The summed E-state index contributed by atoms with van der Waals surface area (Å²) >= 11 is 7.28. The fraction of sp³-hybridized carbons (Fsp3) is 0.714. The van der Waals surface area contributed by atoms with Gasteiger partial charge in [-0.1, -0.05) is 0 Å². The van der Waals surface area contributed by atoms with Crippen LogP contribution in [0.1, 0.15) is 13.3 Å². The van der Waals surface area contributed by atoms with Crippen LogP contribution in [0.3, 0.4) is 0 Å². The number of hydrogen-bond acceptors (Lipinski definition) is 5. The molecule has 0 amide bonds. The zero-order chi connectivity index (χ0) is 10.9. The molecule has 0 aromatic carbocycles. The average Bonchev–Trinajstić information content (AvgIpc) is 2.08. The van der Waals surface area contributed by atoms with Crippen molar-refractivity contribution in [2.24, 2.45) is 5.73 Å². The Morgan fingerprint density at radius 1 is 1.31 bits per heavy atom. The molecule has 0 unspecified atom stereocenters. The first-order valence-corrected chi connectivity index (χ1v) is 8.49.